The number of allylic oxidation sites excluding steroid dienone is 1. The number of anilines is 1. The molecule has 0 saturated carbocycles. The van der Waals surface area contributed by atoms with Crippen molar-refractivity contribution in [2.75, 3.05) is 39.2 Å². The summed E-state index contributed by atoms with van der Waals surface area (Å²) in [4.78, 5) is 14.1. The lowest BCUT2D eigenvalue weighted by Gasteiger charge is -2.40. The van der Waals surface area contributed by atoms with E-state index in [0.717, 1.165) is 44.2 Å². The number of aryl methyl sites for hydroxylation is 1. The van der Waals surface area contributed by atoms with Crippen LogP contribution >= 0.6 is 0 Å². The van der Waals surface area contributed by atoms with Crippen molar-refractivity contribution in [1.82, 2.24) is 14.9 Å². The van der Waals surface area contributed by atoms with Crippen LogP contribution in [0.3, 0.4) is 0 Å². The predicted molar refractivity (Wildman–Crippen MR) is 118 cm³/mol. The Morgan fingerprint density at radius 2 is 2.17 bits per heavy atom. The van der Waals surface area contributed by atoms with Gasteiger partial charge in [0.15, 0.2) is 0 Å². The second-order valence-electron chi connectivity index (χ2n) is 8.67. The Morgan fingerprint density at radius 1 is 1.31 bits per heavy atom. The number of hydrogen-bond acceptors (Lipinski definition) is 5. The highest BCUT2D eigenvalue weighted by Crippen LogP contribution is 2.44. The number of rotatable bonds is 6. The van der Waals surface area contributed by atoms with Crippen molar-refractivity contribution in [2.45, 2.75) is 44.1 Å². The van der Waals surface area contributed by atoms with Crippen LogP contribution < -0.4 is 9.64 Å². The van der Waals surface area contributed by atoms with Crippen LogP contribution in [0.25, 0.3) is 0 Å². The lowest BCUT2D eigenvalue weighted by molar-refractivity contribution is 0.136. The van der Waals surface area contributed by atoms with E-state index in [1.165, 1.54) is 41.6 Å². The average Bonchev–Trinajstić information content (AvgIpc) is 3.06. The summed E-state index contributed by atoms with van der Waals surface area (Å²) >= 11 is 0. The molecule has 1 aromatic carbocycles. The first-order valence-electron chi connectivity index (χ1n) is 10.6. The fourth-order valence-corrected chi connectivity index (χ4v) is 5.01. The highest BCUT2D eigenvalue weighted by molar-refractivity contribution is 5.40. The summed E-state index contributed by atoms with van der Waals surface area (Å²) in [7, 11) is 5.76. The zero-order valence-corrected chi connectivity index (χ0v) is 17.9. The fourth-order valence-electron chi connectivity index (χ4n) is 5.01. The van der Waals surface area contributed by atoms with E-state index in [1.807, 2.05) is 25.1 Å². The second kappa shape index (κ2) is 8.15. The van der Waals surface area contributed by atoms with Crippen LogP contribution in [0.1, 0.15) is 41.6 Å². The van der Waals surface area contributed by atoms with Crippen molar-refractivity contribution in [1.29, 1.82) is 0 Å². The number of likely N-dealkylation sites (tertiary alicyclic amines) is 1. The normalized spacial score (nSPS) is 21.2. The van der Waals surface area contributed by atoms with Crippen LogP contribution in [0.15, 0.2) is 37.1 Å². The fraction of sp³-hybridized carbons (Fsp3) is 0.500. The quantitative estimate of drug-likeness (QED) is 0.700. The third-order valence-electron chi connectivity index (χ3n) is 6.40. The lowest BCUT2D eigenvalue weighted by atomic mass is 9.77. The van der Waals surface area contributed by atoms with Crippen molar-refractivity contribution in [3.05, 3.63) is 59.4 Å². The molecule has 1 fully saturated rings. The van der Waals surface area contributed by atoms with E-state index in [1.54, 1.807) is 7.11 Å². The van der Waals surface area contributed by atoms with E-state index in [9.17, 15) is 0 Å². The minimum Gasteiger partial charge on any atom is -0.496 e. The van der Waals surface area contributed by atoms with Gasteiger partial charge in [0, 0.05) is 38.8 Å². The predicted octanol–water partition coefficient (Wildman–Crippen LogP) is 3.76. The molecule has 2 aliphatic rings. The van der Waals surface area contributed by atoms with Crippen molar-refractivity contribution in [3.8, 4) is 5.75 Å². The molecule has 29 heavy (non-hydrogen) atoms. The molecule has 1 unspecified atom stereocenters. The van der Waals surface area contributed by atoms with Gasteiger partial charge in [0.25, 0.3) is 0 Å². The molecule has 1 aliphatic carbocycles. The van der Waals surface area contributed by atoms with Crippen molar-refractivity contribution < 1.29 is 4.74 Å². The van der Waals surface area contributed by atoms with Crippen molar-refractivity contribution >= 4 is 5.95 Å². The van der Waals surface area contributed by atoms with Gasteiger partial charge in [-0.2, -0.15) is 0 Å². The summed E-state index contributed by atoms with van der Waals surface area (Å²) < 4.78 is 5.51. The minimum absolute atomic E-state index is 0.178. The Bertz CT molecular complexity index is 890. The van der Waals surface area contributed by atoms with Gasteiger partial charge in [0.2, 0.25) is 5.95 Å². The van der Waals surface area contributed by atoms with E-state index < -0.39 is 0 Å². The molecule has 5 nitrogen and oxygen atoms in total. The van der Waals surface area contributed by atoms with Crippen LogP contribution in [0, 0.1) is 0 Å². The number of benzene rings is 1. The zero-order chi connectivity index (χ0) is 20.4. The standard InChI is InChI=1S/C24H32N4O/c1-5-7-19-14-18(8-9-21(19)29-4)16-28-13-6-11-24(17-28)12-10-20-15-25-23(27(2)3)26-22(20)24/h5,8-9,14-15H,1,6-7,10-13,16-17H2,2-4H3. The molecule has 154 valence electrons. The molecule has 4 rings (SSSR count). The van der Waals surface area contributed by atoms with E-state index >= 15 is 0 Å². The lowest BCUT2D eigenvalue weighted by Crippen LogP contribution is -2.45. The molecule has 1 aliphatic heterocycles. The molecule has 1 aromatic heterocycles. The van der Waals surface area contributed by atoms with Gasteiger partial charge >= 0.3 is 0 Å². The molecule has 1 saturated heterocycles. The largest absolute Gasteiger partial charge is 0.496 e. The number of hydrogen-bond donors (Lipinski definition) is 0. The number of nitrogens with zero attached hydrogens (tertiary/aromatic N) is 4. The molecule has 2 aromatic rings. The van der Waals surface area contributed by atoms with Gasteiger partial charge < -0.3 is 9.64 Å². The summed E-state index contributed by atoms with van der Waals surface area (Å²) in [6.07, 6.45) is 9.56. The van der Waals surface area contributed by atoms with Crippen LogP contribution in [0.2, 0.25) is 0 Å². The van der Waals surface area contributed by atoms with E-state index in [2.05, 4.69) is 40.9 Å². The maximum Gasteiger partial charge on any atom is 0.225 e. The maximum atomic E-state index is 5.51. The third kappa shape index (κ3) is 3.88. The molecule has 0 amide bonds. The van der Waals surface area contributed by atoms with Gasteiger partial charge in [-0.3, -0.25) is 4.90 Å². The Morgan fingerprint density at radius 3 is 2.93 bits per heavy atom. The Labute approximate surface area is 174 Å². The van der Waals surface area contributed by atoms with Gasteiger partial charge in [-0.25, -0.2) is 9.97 Å². The Balaban J connectivity index is 1.55. The minimum atomic E-state index is 0.178. The van der Waals surface area contributed by atoms with Crippen LogP contribution in [-0.4, -0.2) is 49.2 Å². The molecule has 1 atom stereocenters. The first kappa shape index (κ1) is 19.9. The Kier molecular flexibility index (Phi) is 5.59. The maximum absolute atomic E-state index is 5.51. The topological polar surface area (TPSA) is 41.5 Å². The summed E-state index contributed by atoms with van der Waals surface area (Å²) in [6.45, 7) is 7.07. The van der Waals surface area contributed by atoms with Crippen LogP contribution in [0.5, 0.6) is 5.75 Å². The highest BCUT2D eigenvalue weighted by atomic mass is 16.5. The first-order valence-corrected chi connectivity index (χ1v) is 10.6. The van der Waals surface area contributed by atoms with E-state index in [-0.39, 0.29) is 5.41 Å². The van der Waals surface area contributed by atoms with Crippen LogP contribution in [-0.2, 0) is 24.8 Å². The second-order valence-corrected chi connectivity index (χ2v) is 8.67. The van der Waals surface area contributed by atoms with E-state index in [0.29, 0.717) is 0 Å². The monoisotopic (exact) mass is 392 g/mol. The summed E-state index contributed by atoms with van der Waals surface area (Å²) in [5.41, 5.74) is 5.37. The first-order chi connectivity index (χ1) is 14.0. The molecule has 2 heterocycles. The highest BCUT2D eigenvalue weighted by Gasteiger charge is 2.43. The molecule has 0 N–H and O–H groups in total. The van der Waals surface area contributed by atoms with Gasteiger partial charge in [-0.05, 0) is 61.4 Å². The molecule has 0 bridgehead atoms. The summed E-state index contributed by atoms with van der Waals surface area (Å²) in [6, 6.07) is 6.56. The van der Waals surface area contributed by atoms with E-state index in [4.69, 9.17) is 9.72 Å². The Hall–Kier alpha value is -2.40. The van der Waals surface area contributed by atoms with Gasteiger partial charge in [-0.1, -0.05) is 18.2 Å². The molecular formula is C24H32N4O. The number of fused-ring (bicyclic) bond motifs is 2. The van der Waals surface area contributed by atoms with Gasteiger partial charge in [-0.15, -0.1) is 6.58 Å². The number of piperidine rings is 1. The van der Waals surface area contributed by atoms with Crippen LogP contribution in [0.4, 0.5) is 5.95 Å². The number of ether oxygens (including phenoxy) is 1. The average molecular weight is 393 g/mol. The van der Waals surface area contributed by atoms with Gasteiger partial charge in [0.05, 0.1) is 12.8 Å². The van der Waals surface area contributed by atoms with Crippen molar-refractivity contribution in [2.24, 2.45) is 0 Å². The van der Waals surface area contributed by atoms with Gasteiger partial charge in [0.1, 0.15) is 5.75 Å². The number of methoxy groups -OCH3 is 1. The summed E-state index contributed by atoms with van der Waals surface area (Å²) in [5, 5.41) is 0. The summed E-state index contributed by atoms with van der Waals surface area (Å²) in [5.74, 6) is 1.77. The molecule has 0 radical (unpaired) electrons. The SMILES string of the molecule is C=CCc1cc(CN2CCCC3(CCc4cnc(N(C)C)nc43)C2)ccc1OC. The zero-order valence-electron chi connectivity index (χ0n) is 17.9. The molecule has 1 spiro atoms. The molecule has 5 heteroatoms. The van der Waals surface area contributed by atoms with Crippen molar-refractivity contribution in [3.63, 3.8) is 0 Å². The third-order valence-corrected chi connectivity index (χ3v) is 6.40. The number of aromatic nitrogens is 2. The molecular weight excluding hydrogens is 360 g/mol. The smallest absolute Gasteiger partial charge is 0.225 e.